The second-order valence-electron chi connectivity index (χ2n) is 4.65. The van der Waals surface area contributed by atoms with Gasteiger partial charge in [-0.1, -0.05) is 17.7 Å². The Hall–Kier alpha value is -1.97. The fourth-order valence-corrected chi connectivity index (χ4v) is 2.36. The summed E-state index contributed by atoms with van der Waals surface area (Å²) in [6, 6.07) is 14.6. The zero-order valence-electron chi connectivity index (χ0n) is 11.3. The highest BCUT2D eigenvalue weighted by atomic mass is 35.5. The van der Waals surface area contributed by atoms with E-state index >= 15 is 0 Å². The molecule has 3 rings (SSSR count). The second kappa shape index (κ2) is 6.20. The van der Waals surface area contributed by atoms with Crippen LogP contribution in [0.15, 0.2) is 48.5 Å². The maximum atomic E-state index is 9.66. The molecule has 0 bridgehead atoms. The molecule has 2 aromatic carbocycles. The molecule has 0 fully saturated rings. The van der Waals surface area contributed by atoms with Gasteiger partial charge in [-0.05, 0) is 49.4 Å². The average Bonchev–Trinajstić information content (AvgIpc) is 2.39. The highest BCUT2D eigenvalue weighted by molar-refractivity contribution is 6.30. The molecule has 3 nitrogen and oxygen atoms in total. The fourth-order valence-electron chi connectivity index (χ4n) is 2.17. The first-order valence-corrected chi connectivity index (χ1v) is 6.62. The molecule has 0 saturated carbocycles. The van der Waals surface area contributed by atoms with Gasteiger partial charge >= 0.3 is 0 Å². The minimum Gasteiger partial charge on any atom is -0.508 e. The normalized spacial score (nSPS) is 10.2. The van der Waals surface area contributed by atoms with E-state index in [0.29, 0.717) is 5.02 Å². The molecule has 0 radical (unpaired) electrons. The predicted molar refractivity (Wildman–Crippen MR) is 90.1 cm³/mol. The van der Waals surface area contributed by atoms with Gasteiger partial charge in [-0.25, -0.2) is 0 Å². The van der Waals surface area contributed by atoms with Crippen LogP contribution >= 0.6 is 24.0 Å². The number of rotatable bonds is 2. The van der Waals surface area contributed by atoms with Crippen LogP contribution in [0.4, 0.5) is 11.4 Å². The van der Waals surface area contributed by atoms with Crippen LogP contribution in [0.25, 0.3) is 10.9 Å². The number of nitrogens with one attached hydrogen (secondary N) is 1. The number of halogens is 2. The summed E-state index contributed by atoms with van der Waals surface area (Å²) in [5, 5.41) is 14.5. The van der Waals surface area contributed by atoms with Gasteiger partial charge in [0.1, 0.15) is 5.75 Å². The predicted octanol–water partition coefficient (Wildman–Crippen LogP) is 5.07. The molecule has 0 aliphatic heterocycles. The largest absolute Gasteiger partial charge is 0.508 e. The van der Waals surface area contributed by atoms with Crippen LogP contribution < -0.4 is 5.32 Å². The summed E-state index contributed by atoms with van der Waals surface area (Å²) in [5.41, 5.74) is 3.54. The van der Waals surface area contributed by atoms with Gasteiger partial charge in [0.05, 0.1) is 5.52 Å². The molecule has 0 unspecified atom stereocenters. The Morgan fingerprint density at radius 1 is 1.10 bits per heavy atom. The first-order valence-electron chi connectivity index (χ1n) is 6.25. The minimum atomic E-state index is 0. The topological polar surface area (TPSA) is 45.1 Å². The molecule has 1 aromatic heterocycles. The zero-order chi connectivity index (χ0) is 14.1. The van der Waals surface area contributed by atoms with Gasteiger partial charge in [0, 0.05) is 27.5 Å². The number of anilines is 2. The molecule has 0 aliphatic carbocycles. The van der Waals surface area contributed by atoms with E-state index in [1.807, 2.05) is 37.3 Å². The molecule has 3 aromatic rings. The first kappa shape index (κ1) is 15.4. The lowest BCUT2D eigenvalue weighted by Gasteiger charge is -2.11. The van der Waals surface area contributed by atoms with Crippen molar-refractivity contribution in [3.63, 3.8) is 0 Å². The number of fused-ring (bicyclic) bond motifs is 1. The van der Waals surface area contributed by atoms with Gasteiger partial charge in [0.15, 0.2) is 0 Å². The number of aryl methyl sites for hydroxylation is 1. The van der Waals surface area contributed by atoms with Crippen molar-refractivity contribution in [1.29, 1.82) is 0 Å². The Labute approximate surface area is 134 Å². The minimum absolute atomic E-state index is 0. The van der Waals surface area contributed by atoms with Gasteiger partial charge in [-0.2, -0.15) is 0 Å². The molecule has 108 valence electrons. The third-order valence-corrected chi connectivity index (χ3v) is 3.26. The van der Waals surface area contributed by atoms with Gasteiger partial charge in [0.2, 0.25) is 0 Å². The van der Waals surface area contributed by atoms with Crippen LogP contribution in [-0.2, 0) is 0 Å². The first-order chi connectivity index (χ1) is 9.61. The van der Waals surface area contributed by atoms with Crippen LogP contribution in [0.1, 0.15) is 5.69 Å². The Morgan fingerprint density at radius 2 is 1.90 bits per heavy atom. The van der Waals surface area contributed by atoms with E-state index in [1.54, 1.807) is 18.2 Å². The van der Waals surface area contributed by atoms with Crippen molar-refractivity contribution in [2.75, 3.05) is 5.32 Å². The Balaban J connectivity index is 0.00000161. The van der Waals surface area contributed by atoms with Crippen molar-refractivity contribution in [3.05, 3.63) is 59.2 Å². The molecular formula is C16H14Cl2N2O. The molecule has 0 atom stereocenters. The van der Waals surface area contributed by atoms with Crippen LogP contribution in [-0.4, -0.2) is 10.1 Å². The SMILES string of the molecule is Cc1cc(Nc2cccc(Cl)c2)c2cc(O)ccc2n1.Cl. The zero-order valence-corrected chi connectivity index (χ0v) is 12.9. The summed E-state index contributed by atoms with van der Waals surface area (Å²) in [7, 11) is 0. The van der Waals surface area contributed by atoms with Gasteiger partial charge in [-0.3, -0.25) is 4.98 Å². The van der Waals surface area contributed by atoms with Crippen molar-refractivity contribution in [1.82, 2.24) is 4.98 Å². The number of nitrogens with zero attached hydrogens (tertiary/aromatic N) is 1. The monoisotopic (exact) mass is 320 g/mol. The average molecular weight is 321 g/mol. The van der Waals surface area contributed by atoms with Crippen LogP contribution in [0.5, 0.6) is 5.75 Å². The molecule has 5 heteroatoms. The quantitative estimate of drug-likeness (QED) is 0.693. The van der Waals surface area contributed by atoms with Crippen LogP contribution in [0.3, 0.4) is 0 Å². The van der Waals surface area contributed by atoms with E-state index in [-0.39, 0.29) is 18.2 Å². The van der Waals surface area contributed by atoms with Gasteiger partial charge in [0.25, 0.3) is 0 Å². The summed E-state index contributed by atoms with van der Waals surface area (Å²) < 4.78 is 0. The molecule has 0 amide bonds. The maximum absolute atomic E-state index is 9.66. The number of phenols is 1. The molecule has 0 spiro atoms. The van der Waals surface area contributed by atoms with Crippen molar-refractivity contribution in [2.45, 2.75) is 6.92 Å². The van der Waals surface area contributed by atoms with E-state index in [1.165, 1.54) is 0 Å². The number of phenolic OH excluding ortho intramolecular Hbond substituents is 1. The van der Waals surface area contributed by atoms with E-state index in [4.69, 9.17) is 11.6 Å². The molecule has 0 saturated heterocycles. The standard InChI is InChI=1S/C16H13ClN2O.ClH/c1-10-7-16(19-12-4-2-3-11(17)8-12)14-9-13(20)5-6-15(14)18-10;/h2-9,20H,1H3,(H,18,19);1H. The summed E-state index contributed by atoms with van der Waals surface area (Å²) in [5.74, 6) is 0.220. The highest BCUT2D eigenvalue weighted by Crippen LogP contribution is 2.29. The van der Waals surface area contributed by atoms with Crippen LogP contribution in [0, 0.1) is 6.92 Å². The lowest BCUT2D eigenvalue weighted by molar-refractivity contribution is 0.476. The second-order valence-corrected chi connectivity index (χ2v) is 5.08. The molecule has 21 heavy (non-hydrogen) atoms. The Kier molecular flexibility index (Phi) is 4.56. The number of hydrogen-bond acceptors (Lipinski definition) is 3. The summed E-state index contributed by atoms with van der Waals surface area (Å²) in [4.78, 5) is 4.46. The third-order valence-electron chi connectivity index (χ3n) is 3.02. The number of benzene rings is 2. The maximum Gasteiger partial charge on any atom is 0.116 e. The third kappa shape index (κ3) is 3.38. The molecule has 2 N–H and O–H groups in total. The Morgan fingerprint density at radius 3 is 2.67 bits per heavy atom. The Bertz CT molecular complexity index is 790. The van der Waals surface area contributed by atoms with E-state index in [2.05, 4.69) is 10.3 Å². The molecule has 0 aliphatic rings. The van der Waals surface area contributed by atoms with Crippen molar-refractivity contribution in [3.8, 4) is 5.75 Å². The van der Waals surface area contributed by atoms with Crippen LogP contribution in [0.2, 0.25) is 5.02 Å². The lowest BCUT2D eigenvalue weighted by atomic mass is 10.1. The van der Waals surface area contributed by atoms with Crippen molar-refractivity contribution < 1.29 is 5.11 Å². The number of pyridine rings is 1. The van der Waals surface area contributed by atoms with Gasteiger partial charge in [-0.15, -0.1) is 12.4 Å². The van der Waals surface area contributed by atoms with Crippen molar-refractivity contribution >= 4 is 46.3 Å². The summed E-state index contributed by atoms with van der Waals surface area (Å²) in [6.07, 6.45) is 0. The summed E-state index contributed by atoms with van der Waals surface area (Å²) >= 11 is 5.99. The van der Waals surface area contributed by atoms with E-state index in [9.17, 15) is 5.11 Å². The lowest BCUT2D eigenvalue weighted by Crippen LogP contribution is -1.94. The van der Waals surface area contributed by atoms with Gasteiger partial charge < -0.3 is 10.4 Å². The van der Waals surface area contributed by atoms with E-state index < -0.39 is 0 Å². The molecular weight excluding hydrogens is 307 g/mol. The molecule has 1 heterocycles. The highest BCUT2D eigenvalue weighted by Gasteiger charge is 2.06. The smallest absolute Gasteiger partial charge is 0.116 e. The fraction of sp³-hybridized carbons (Fsp3) is 0.0625. The number of aromatic hydroxyl groups is 1. The van der Waals surface area contributed by atoms with Crippen molar-refractivity contribution in [2.24, 2.45) is 0 Å². The number of aromatic nitrogens is 1. The van der Waals surface area contributed by atoms with E-state index in [0.717, 1.165) is 28.0 Å². The summed E-state index contributed by atoms with van der Waals surface area (Å²) in [6.45, 7) is 1.94. The number of hydrogen-bond donors (Lipinski definition) is 2.